The molecule has 3 unspecified atom stereocenters. The number of fused-ring (bicyclic) bond motifs is 2. The fraction of sp³-hybridized carbons (Fsp3) is 0.727. The number of aromatic nitrogens is 2. The van der Waals surface area contributed by atoms with Crippen molar-refractivity contribution in [2.75, 3.05) is 5.73 Å². The van der Waals surface area contributed by atoms with Crippen LogP contribution in [0.25, 0.3) is 0 Å². The van der Waals surface area contributed by atoms with E-state index in [2.05, 4.69) is 5.10 Å². The third-order valence-electron chi connectivity index (χ3n) is 3.97. The Kier molecular flexibility index (Phi) is 1.79. The van der Waals surface area contributed by atoms with Gasteiger partial charge in [0.05, 0.1) is 0 Å². The van der Waals surface area contributed by atoms with Crippen LogP contribution in [0.3, 0.4) is 0 Å². The van der Waals surface area contributed by atoms with Crippen LogP contribution >= 0.6 is 0 Å². The highest BCUT2D eigenvalue weighted by Gasteiger charge is 2.39. The van der Waals surface area contributed by atoms with E-state index >= 15 is 0 Å². The molecule has 3 atom stereocenters. The highest BCUT2D eigenvalue weighted by Crippen LogP contribution is 2.48. The van der Waals surface area contributed by atoms with Crippen LogP contribution in [0, 0.1) is 17.8 Å². The summed E-state index contributed by atoms with van der Waals surface area (Å²) in [5, 5.41) is 4.25. The minimum Gasteiger partial charge on any atom is -0.382 e. The highest BCUT2D eigenvalue weighted by atomic mass is 15.3. The van der Waals surface area contributed by atoms with Gasteiger partial charge in [0.2, 0.25) is 0 Å². The van der Waals surface area contributed by atoms with Crippen LogP contribution in [-0.4, -0.2) is 9.78 Å². The third kappa shape index (κ3) is 1.31. The molecule has 3 rings (SSSR count). The predicted octanol–water partition coefficient (Wildman–Crippen LogP) is 1.90. The molecular weight excluding hydrogens is 174 g/mol. The normalized spacial score (nSPS) is 35.3. The van der Waals surface area contributed by atoms with Gasteiger partial charge in [-0.2, -0.15) is 5.10 Å². The van der Waals surface area contributed by atoms with E-state index in [-0.39, 0.29) is 0 Å². The SMILES string of the molecule is Nc1ccn(CC2CC3CCC2C3)n1. The van der Waals surface area contributed by atoms with Crippen molar-refractivity contribution >= 4 is 5.82 Å². The first-order valence-corrected chi connectivity index (χ1v) is 5.60. The fourth-order valence-corrected chi connectivity index (χ4v) is 3.32. The maximum absolute atomic E-state index is 5.60. The molecule has 3 nitrogen and oxygen atoms in total. The van der Waals surface area contributed by atoms with Crippen LogP contribution in [0.5, 0.6) is 0 Å². The zero-order valence-electron chi connectivity index (χ0n) is 8.39. The second-order valence-electron chi connectivity index (χ2n) is 4.90. The average Bonchev–Trinajstić information content (AvgIpc) is 2.82. The van der Waals surface area contributed by atoms with Crippen LogP contribution in [0.2, 0.25) is 0 Å². The Bertz CT molecular complexity index is 331. The maximum Gasteiger partial charge on any atom is 0.145 e. The first kappa shape index (κ1) is 8.33. The average molecular weight is 191 g/mol. The smallest absolute Gasteiger partial charge is 0.145 e. The van der Waals surface area contributed by atoms with Gasteiger partial charge in [-0.1, -0.05) is 6.42 Å². The van der Waals surface area contributed by atoms with E-state index in [1.807, 2.05) is 16.9 Å². The van der Waals surface area contributed by atoms with E-state index in [4.69, 9.17) is 5.73 Å². The van der Waals surface area contributed by atoms with E-state index in [9.17, 15) is 0 Å². The quantitative estimate of drug-likeness (QED) is 0.776. The molecule has 0 aliphatic heterocycles. The molecule has 0 radical (unpaired) electrons. The zero-order valence-corrected chi connectivity index (χ0v) is 8.39. The molecule has 14 heavy (non-hydrogen) atoms. The summed E-state index contributed by atoms with van der Waals surface area (Å²) in [7, 11) is 0. The molecule has 3 heteroatoms. The van der Waals surface area contributed by atoms with Gasteiger partial charge in [-0.15, -0.1) is 0 Å². The van der Waals surface area contributed by atoms with E-state index in [0.717, 1.165) is 24.3 Å². The number of hydrogen-bond acceptors (Lipinski definition) is 2. The molecule has 2 saturated carbocycles. The van der Waals surface area contributed by atoms with E-state index in [0.29, 0.717) is 5.82 Å². The Labute approximate surface area is 84.3 Å². The number of nitrogen functional groups attached to an aromatic ring is 1. The molecule has 2 N–H and O–H groups in total. The Hall–Kier alpha value is -0.990. The lowest BCUT2D eigenvalue weighted by molar-refractivity contribution is 0.286. The molecule has 2 aliphatic carbocycles. The van der Waals surface area contributed by atoms with Gasteiger partial charge in [-0.05, 0) is 43.1 Å². The molecule has 1 aromatic heterocycles. The summed E-state index contributed by atoms with van der Waals surface area (Å²) in [6.45, 7) is 1.08. The molecule has 0 amide bonds. The van der Waals surface area contributed by atoms with Crippen LogP contribution in [0.1, 0.15) is 25.7 Å². The molecule has 2 bridgehead atoms. The Morgan fingerprint density at radius 3 is 2.93 bits per heavy atom. The summed E-state index contributed by atoms with van der Waals surface area (Å²) in [6.07, 6.45) is 7.82. The number of anilines is 1. The lowest BCUT2D eigenvalue weighted by atomic mass is 9.89. The first-order chi connectivity index (χ1) is 6.81. The number of nitrogens with two attached hydrogens (primary N) is 1. The molecule has 2 fully saturated rings. The van der Waals surface area contributed by atoms with Crippen LogP contribution < -0.4 is 5.73 Å². The summed E-state index contributed by atoms with van der Waals surface area (Å²) < 4.78 is 2.01. The van der Waals surface area contributed by atoms with Gasteiger partial charge in [0.15, 0.2) is 0 Å². The Morgan fingerprint density at radius 1 is 1.43 bits per heavy atom. The lowest BCUT2D eigenvalue weighted by Gasteiger charge is -2.21. The van der Waals surface area contributed by atoms with Crippen LogP contribution in [0.15, 0.2) is 12.3 Å². The molecule has 0 saturated heterocycles. The summed E-state index contributed by atoms with van der Waals surface area (Å²) in [5.74, 6) is 3.52. The second-order valence-corrected chi connectivity index (χ2v) is 4.90. The molecular formula is C11H17N3. The molecule has 0 spiro atoms. The minimum absolute atomic E-state index is 0.646. The van der Waals surface area contributed by atoms with E-state index in [1.165, 1.54) is 25.7 Å². The molecule has 0 aromatic carbocycles. The van der Waals surface area contributed by atoms with Gasteiger partial charge < -0.3 is 5.73 Å². The van der Waals surface area contributed by atoms with Crippen LogP contribution in [0.4, 0.5) is 5.82 Å². The number of nitrogens with zero attached hydrogens (tertiary/aromatic N) is 2. The van der Waals surface area contributed by atoms with E-state index < -0.39 is 0 Å². The van der Waals surface area contributed by atoms with Crippen molar-refractivity contribution in [3.63, 3.8) is 0 Å². The van der Waals surface area contributed by atoms with Crippen molar-refractivity contribution in [1.29, 1.82) is 0 Å². The fourth-order valence-electron chi connectivity index (χ4n) is 3.32. The Morgan fingerprint density at radius 2 is 2.36 bits per heavy atom. The second kappa shape index (κ2) is 3.01. The zero-order chi connectivity index (χ0) is 9.54. The summed E-state index contributed by atoms with van der Waals surface area (Å²) in [5.41, 5.74) is 5.60. The monoisotopic (exact) mass is 191 g/mol. The minimum atomic E-state index is 0.646. The van der Waals surface area contributed by atoms with Gasteiger partial charge in [0.1, 0.15) is 5.82 Å². The topological polar surface area (TPSA) is 43.8 Å². The van der Waals surface area contributed by atoms with Gasteiger partial charge in [0.25, 0.3) is 0 Å². The Balaban J connectivity index is 1.68. The van der Waals surface area contributed by atoms with Gasteiger partial charge in [0, 0.05) is 12.7 Å². The van der Waals surface area contributed by atoms with Gasteiger partial charge in [-0.25, -0.2) is 0 Å². The maximum atomic E-state index is 5.60. The predicted molar refractivity (Wildman–Crippen MR) is 55.6 cm³/mol. The highest BCUT2D eigenvalue weighted by molar-refractivity contribution is 5.23. The largest absolute Gasteiger partial charge is 0.382 e. The number of rotatable bonds is 2. The summed E-state index contributed by atoms with van der Waals surface area (Å²) in [4.78, 5) is 0. The van der Waals surface area contributed by atoms with E-state index in [1.54, 1.807) is 0 Å². The lowest BCUT2D eigenvalue weighted by Crippen LogP contribution is -2.17. The van der Waals surface area contributed by atoms with Gasteiger partial charge >= 0.3 is 0 Å². The van der Waals surface area contributed by atoms with Crippen molar-refractivity contribution in [3.05, 3.63) is 12.3 Å². The summed E-state index contributed by atoms with van der Waals surface area (Å²) >= 11 is 0. The molecule has 1 aromatic rings. The standard InChI is InChI=1S/C11H17N3/c12-11-3-4-14(13-11)7-10-6-8-1-2-9(10)5-8/h3-4,8-10H,1-2,5-7H2,(H2,12,13). The molecule has 1 heterocycles. The van der Waals surface area contributed by atoms with Crippen molar-refractivity contribution in [2.24, 2.45) is 17.8 Å². The van der Waals surface area contributed by atoms with Crippen molar-refractivity contribution in [3.8, 4) is 0 Å². The third-order valence-corrected chi connectivity index (χ3v) is 3.97. The molecule has 76 valence electrons. The number of hydrogen-bond donors (Lipinski definition) is 1. The van der Waals surface area contributed by atoms with Crippen molar-refractivity contribution in [2.45, 2.75) is 32.2 Å². The van der Waals surface area contributed by atoms with Crippen molar-refractivity contribution < 1.29 is 0 Å². The van der Waals surface area contributed by atoms with Gasteiger partial charge in [-0.3, -0.25) is 4.68 Å². The molecule has 2 aliphatic rings. The summed E-state index contributed by atoms with van der Waals surface area (Å²) in [6, 6.07) is 1.88. The van der Waals surface area contributed by atoms with Crippen LogP contribution in [-0.2, 0) is 6.54 Å². The van der Waals surface area contributed by atoms with Crippen molar-refractivity contribution in [1.82, 2.24) is 9.78 Å². The first-order valence-electron chi connectivity index (χ1n) is 5.60.